The van der Waals surface area contributed by atoms with Crippen LogP contribution in [-0.2, 0) is 9.59 Å². The molecule has 0 spiro atoms. The van der Waals surface area contributed by atoms with Crippen molar-refractivity contribution in [3.05, 3.63) is 35.9 Å². The van der Waals surface area contributed by atoms with Crippen LogP contribution in [0.2, 0.25) is 0 Å². The van der Waals surface area contributed by atoms with E-state index in [1.807, 2.05) is 0 Å². The highest BCUT2D eigenvalue weighted by Crippen LogP contribution is 2.14. The van der Waals surface area contributed by atoms with Crippen LogP contribution in [-0.4, -0.2) is 48.2 Å². The third-order valence-electron chi connectivity index (χ3n) is 3.45. The van der Waals surface area contributed by atoms with Gasteiger partial charge in [-0.15, -0.1) is 0 Å². The molecule has 6 heteroatoms. The maximum atomic E-state index is 12.5. The number of carbonyl (C=O) groups is 3. The van der Waals surface area contributed by atoms with Gasteiger partial charge in [-0.25, -0.2) is 0 Å². The second-order valence-electron chi connectivity index (χ2n) is 4.93. The Hall–Kier alpha value is -2.21. The van der Waals surface area contributed by atoms with Crippen LogP contribution in [0.15, 0.2) is 30.3 Å². The van der Waals surface area contributed by atoms with Crippen molar-refractivity contribution < 1.29 is 14.4 Å². The van der Waals surface area contributed by atoms with Crippen molar-refractivity contribution in [2.24, 2.45) is 5.73 Å². The first-order valence-electron chi connectivity index (χ1n) is 7.01. The lowest BCUT2D eigenvalue weighted by atomic mass is 10.00. The number of nitrogens with two attached hydrogens (primary N) is 1. The molecule has 1 aliphatic rings. The van der Waals surface area contributed by atoms with E-state index in [2.05, 4.69) is 5.32 Å². The fourth-order valence-corrected chi connectivity index (χ4v) is 2.35. The molecule has 21 heavy (non-hydrogen) atoms. The summed E-state index contributed by atoms with van der Waals surface area (Å²) in [5.41, 5.74) is 5.87. The van der Waals surface area contributed by atoms with E-state index in [-0.39, 0.29) is 18.2 Å². The van der Waals surface area contributed by atoms with Crippen molar-refractivity contribution in [2.45, 2.75) is 18.9 Å². The summed E-state index contributed by atoms with van der Waals surface area (Å²) in [5, 5.41) is 2.48. The van der Waals surface area contributed by atoms with Gasteiger partial charge in [0.1, 0.15) is 0 Å². The molecule has 112 valence electrons. The van der Waals surface area contributed by atoms with Crippen LogP contribution in [0.25, 0.3) is 0 Å². The van der Waals surface area contributed by atoms with Crippen molar-refractivity contribution in [1.82, 2.24) is 10.2 Å². The number of nitrogens with one attached hydrogen (secondary N) is 1. The average Bonchev–Trinajstić information content (AvgIpc) is 2.51. The third-order valence-corrected chi connectivity index (χ3v) is 3.45. The van der Waals surface area contributed by atoms with E-state index in [0.717, 1.165) is 6.42 Å². The predicted molar refractivity (Wildman–Crippen MR) is 77.6 cm³/mol. The Balaban J connectivity index is 2.20. The summed E-state index contributed by atoms with van der Waals surface area (Å²) in [6.45, 7) is 0.832. The summed E-state index contributed by atoms with van der Waals surface area (Å²) in [6, 6.07) is 7.47. The normalized spacial score (nSPS) is 18.5. The van der Waals surface area contributed by atoms with Gasteiger partial charge in [-0.05, 0) is 19.4 Å². The van der Waals surface area contributed by atoms with Crippen molar-refractivity contribution in [2.75, 3.05) is 19.6 Å². The Morgan fingerprint density at radius 2 is 1.95 bits per heavy atom. The van der Waals surface area contributed by atoms with E-state index in [1.54, 1.807) is 30.3 Å². The lowest BCUT2D eigenvalue weighted by Gasteiger charge is -2.34. The number of amides is 2. The van der Waals surface area contributed by atoms with Crippen LogP contribution < -0.4 is 11.1 Å². The number of unbranched alkanes of at least 4 members (excludes halogenated alkanes) is 1. The fourth-order valence-electron chi connectivity index (χ4n) is 2.35. The van der Waals surface area contributed by atoms with Gasteiger partial charge >= 0.3 is 0 Å². The zero-order valence-electron chi connectivity index (χ0n) is 11.7. The molecule has 0 aliphatic carbocycles. The Morgan fingerprint density at radius 3 is 2.62 bits per heavy atom. The molecule has 1 atom stereocenters. The van der Waals surface area contributed by atoms with Gasteiger partial charge in [-0.1, -0.05) is 30.3 Å². The number of rotatable bonds is 6. The van der Waals surface area contributed by atoms with E-state index in [4.69, 9.17) is 5.73 Å². The van der Waals surface area contributed by atoms with Gasteiger partial charge in [-0.3, -0.25) is 14.4 Å². The first-order chi connectivity index (χ1) is 10.1. The molecule has 6 nitrogen and oxygen atoms in total. The molecule has 1 aromatic rings. The van der Waals surface area contributed by atoms with Crippen LogP contribution in [0.1, 0.15) is 23.2 Å². The minimum absolute atomic E-state index is 0.0555. The Kier molecular flexibility index (Phi) is 5.05. The van der Waals surface area contributed by atoms with Gasteiger partial charge < -0.3 is 16.0 Å². The van der Waals surface area contributed by atoms with Crippen LogP contribution in [0.3, 0.4) is 0 Å². The first kappa shape index (κ1) is 15.2. The average molecular weight is 289 g/mol. The molecular formula is C15H19N3O3. The van der Waals surface area contributed by atoms with Crippen molar-refractivity contribution in [1.29, 1.82) is 0 Å². The number of nitrogens with zero attached hydrogens (tertiary/aromatic N) is 1. The second kappa shape index (κ2) is 6.99. The summed E-state index contributed by atoms with van der Waals surface area (Å²) in [6.07, 6.45) is 1.42. The van der Waals surface area contributed by atoms with Crippen LogP contribution in [0, 0.1) is 0 Å². The highest BCUT2D eigenvalue weighted by atomic mass is 16.2. The lowest BCUT2D eigenvalue weighted by Crippen LogP contribution is -2.61. The van der Waals surface area contributed by atoms with E-state index in [0.29, 0.717) is 25.1 Å². The predicted octanol–water partition coefficient (Wildman–Crippen LogP) is -0.0648. The molecule has 2 amide bonds. The molecule has 0 bridgehead atoms. The molecule has 0 radical (unpaired) electrons. The number of hydrogen-bond acceptors (Lipinski definition) is 4. The van der Waals surface area contributed by atoms with Gasteiger partial charge in [-0.2, -0.15) is 0 Å². The van der Waals surface area contributed by atoms with E-state index in [1.165, 1.54) is 4.90 Å². The van der Waals surface area contributed by atoms with Crippen molar-refractivity contribution >= 4 is 17.6 Å². The molecule has 1 saturated heterocycles. The van der Waals surface area contributed by atoms with E-state index >= 15 is 0 Å². The maximum absolute atomic E-state index is 12.5. The van der Waals surface area contributed by atoms with Crippen molar-refractivity contribution in [3.8, 4) is 0 Å². The smallest absolute Gasteiger partial charge is 0.251 e. The van der Waals surface area contributed by atoms with Gasteiger partial charge in [0, 0.05) is 12.1 Å². The minimum Gasteiger partial charge on any atom is -0.345 e. The molecule has 1 unspecified atom stereocenters. The summed E-state index contributed by atoms with van der Waals surface area (Å²) < 4.78 is 0. The third kappa shape index (κ3) is 3.46. The number of Topliss-reactive ketones (excluding diaryl/α,β-unsaturated/α-hetero) is 1. The van der Waals surface area contributed by atoms with Gasteiger partial charge in [0.25, 0.3) is 5.91 Å². The number of hydrogen-bond donors (Lipinski definition) is 2. The second-order valence-corrected chi connectivity index (χ2v) is 4.93. The van der Waals surface area contributed by atoms with E-state index < -0.39 is 11.9 Å². The molecule has 1 aromatic carbocycles. The van der Waals surface area contributed by atoms with Crippen LogP contribution in [0.4, 0.5) is 0 Å². The summed E-state index contributed by atoms with van der Waals surface area (Å²) in [5.74, 6) is -1.01. The molecule has 0 aromatic heterocycles. The monoisotopic (exact) mass is 289 g/mol. The molecule has 0 saturated carbocycles. The van der Waals surface area contributed by atoms with Gasteiger partial charge in [0.15, 0.2) is 11.8 Å². The minimum atomic E-state index is -1.08. The number of carbonyl (C=O) groups excluding carboxylic acids is 3. The Labute approximate surface area is 123 Å². The van der Waals surface area contributed by atoms with E-state index in [9.17, 15) is 14.4 Å². The largest absolute Gasteiger partial charge is 0.345 e. The van der Waals surface area contributed by atoms with Gasteiger partial charge in [0.2, 0.25) is 5.91 Å². The molecule has 1 aliphatic heterocycles. The summed E-state index contributed by atoms with van der Waals surface area (Å²) in [7, 11) is 0. The molecule has 3 N–H and O–H groups in total. The molecular weight excluding hydrogens is 270 g/mol. The number of benzene rings is 1. The molecule has 2 rings (SSSR count). The van der Waals surface area contributed by atoms with Gasteiger partial charge in [0.05, 0.1) is 6.54 Å². The van der Waals surface area contributed by atoms with Crippen LogP contribution >= 0.6 is 0 Å². The van der Waals surface area contributed by atoms with Crippen LogP contribution in [0.5, 0.6) is 0 Å². The highest BCUT2D eigenvalue weighted by molar-refractivity contribution is 6.16. The Morgan fingerprint density at radius 1 is 1.24 bits per heavy atom. The Bertz CT molecular complexity index is 530. The topological polar surface area (TPSA) is 92.5 Å². The van der Waals surface area contributed by atoms with Crippen molar-refractivity contribution in [3.63, 3.8) is 0 Å². The SMILES string of the molecule is NCCCCN1C(=O)CNC(=O)C1C(=O)c1ccccc1. The number of ketones is 1. The fraction of sp³-hybridized carbons (Fsp3) is 0.400. The zero-order valence-corrected chi connectivity index (χ0v) is 11.7. The lowest BCUT2D eigenvalue weighted by molar-refractivity contribution is -0.143. The number of piperazine rings is 1. The summed E-state index contributed by atoms with van der Waals surface area (Å²) in [4.78, 5) is 37.9. The first-order valence-corrected chi connectivity index (χ1v) is 7.01. The summed E-state index contributed by atoms with van der Waals surface area (Å²) >= 11 is 0. The zero-order chi connectivity index (χ0) is 15.2. The molecule has 1 fully saturated rings. The maximum Gasteiger partial charge on any atom is 0.251 e. The highest BCUT2D eigenvalue weighted by Gasteiger charge is 2.39. The standard InChI is InChI=1S/C15H19N3O3/c16-8-4-5-9-18-12(19)10-17-15(21)13(18)14(20)11-6-2-1-3-7-11/h1-3,6-7,13H,4-5,8-10,16H2,(H,17,21). The quantitative estimate of drug-likeness (QED) is 0.436. The molecule has 1 heterocycles.